The molecule has 2 aromatic rings. The number of methoxy groups -OCH3 is 1. The van der Waals surface area contributed by atoms with Gasteiger partial charge in [0.15, 0.2) is 0 Å². The lowest BCUT2D eigenvalue weighted by molar-refractivity contribution is -0.134. The quantitative estimate of drug-likeness (QED) is 0.786. The van der Waals surface area contributed by atoms with E-state index in [1.54, 1.807) is 7.11 Å². The summed E-state index contributed by atoms with van der Waals surface area (Å²) in [6, 6.07) is 18.1. The fourth-order valence-corrected chi connectivity index (χ4v) is 4.52. The zero-order valence-corrected chi connectivity index (χ0v) is 17.9. The predicted molar refractivity (Wildman–Crippen MR) is 117 cm³/mol. The first-order chi connectivity index (χ1) is 13.8. The summed E-state index contributed by atoms with van der Waals surface area (Å²) in [4.78, 5) is 15.4. The van der Waals surface area contributed by atoms with Gasteiger partial charge in [0.2, 0.25) is 5.91 Å². The summed E-state index contributed by atoms with van der Waals surface area (Å²) >= 11 is 0. The van der Waals surface area contributed by atoms with Gasteiger partial charge in [-0.05, 0) is 23.5 Å². The maximum absolute atomic E-state index is 13.1. The number of nitrogens with one attached hydrogen (secondary N) is 1. The van der Waals surface area contributed by atoms with Gasteiger partial charge >= 0.3 is 0 Å². The van der Waals surface area contributed by atoms with Crippen LogP contribution in [-0.2, 0) is 10.3 Å². The largest absolute Gasteiger partial charge is 0.496 e. The number of piperazine rings is 1. The SMILES string of the molecule is COc1ccccc1C1CN(C(CC(C)(C)C)(C(N)=O)c2ccccc2)CCN1. The minimum Gasteiger partial charge on any atom is -0.496 e. The molecule has 0 aliphatic carbocycles. The second kappa shape index (κ2) is 8.56. The van der Waals surface area contributed by atoms with Gasteiger partial charge in [-0.25, -0.2) is 0 Å². The number of rotatable bonds is 6. The average Bonchev–Trinajstić information content (AvgIpc) is 2.72. The molecular formula is C24H33N3O2. The third kappa shape index (κ3) is 4.46. The highest BCUT2D eigenvalue weighted by molar-refractivity contribution is 5.86. The van der Waals surface area contributed by atoms with E-state index in [1.165, 1.54) is 0 Å². The number of hydrogen-bond donors (Lipinski definition) is 2. The average molecular weight is 396 g/mol. The summed E-state index contributed by atoms with van der Waals surface area (Å²) in [6.45, 7) is 8.68. The van der Waals surface area contributed by atoms with E-state index >= 15 is 0 Å². The van der Waals surface area contributed by atoms with Crippen LogP contribution in [0, 0.1) is 5.41 Å². The van der Waals surface area contributed by atoms with Crippen molar-refractivity contribution in [3.8, 4) is 5.75 Å². The van der Waals surface area contributed by atoms with Crippen LogP contribution in [0.15, 0.2) is 54.6 Å². The predicted octanol–water partition coefficient (Wildman–Crippen LogP) is 3.46. The van der Waals surface area contributed by atoms with Gasteiger partial charge < -0.3 is 15.8 Å². The number of carbonyl (C=O) groups excluding carboxylic acids is 1. The van der Waals surface area contributed by atoms with Crippen LogP contribution in [0.25, 0.3) is 0 Å². The second-order valence-corrected chi connectivity index (χ2v) is 9.02. The first-order valence-electron chi connectivity index (χ1n) is 10.2. The molecule has 5 nitrogen and oxygen atoms in total. The molecule has 5 heteroatoms. The van der Waals surface area contributed by atoms with Crippen LogP contribution < -0.4 is 15.8 Å². The third-order valence-corrected chi connectivity index (χ3v) is 5.67. The number of amides is 1. The van der Waals surface area contributed by atoms with E-state index in [9.17, 15) is 4.79 Å². The number of para-hydroxylation sites is 1. The van der Waals surface area contributed by atoms with E-state index in [-0.39, 0.29) is 17.4 Å². The molecule has 1 aliphatic rings. The molecule has 29 heavy (non-hydrogen) atoms. The first-order valence-corrected chi connectivity index (χ1v) is 10.2. The number of benzene rings is 2. The summed E-state index contributed by atoms with van der Waals surface area (Å²) in [6.07, 6.45) is 0.651. The summed E-state index contributed by atoms with van der Waals surface area (Å²) < 4.78 is 5.58. The second-order valence-electron chi connectivity index (χ2n) is 9.02. The smallest absolute Gasteiger partial charge is 0.242 e. The van der Waals surface area contributed by atoms with Gasteiger partial charge in [-0.15, -0.1) is 0 Å². The van der Waals surface area contributed by atoms with E-state index in [1.807, 2.05) is 48.5 Å². The lowest BCUT2D eigenvalue weighted by Crippen LogP contribution is -2.61. The molecule has 2 atom stereocenters. The Labute approximate surface area is 174 Å². The Morgan fingerprint density at radius 2 is 1.79 bits per heavy atom. The Kier molecular flexibility index (Phi) is 6.30. The van der Waals surface area contributed by atoms with Crippen LogP contribution in [0.3, 0.4) is 0 Å². The normalized spacial score (nSPS) is 20.1. The van der Waals surface area contributed by atoms with E-state index in [2.05, 4.69) is 37.1 Å². The van der Waals surface area contributed by atoms with Gasteiger partial charge in [0.25, 0.3) is 0 Å². The monoisotopic (exact) mass is 395 g/mol. The molecule has 1 fully saturated rings. The fourth-order valence-electron chi connectivity index (χ4n) is 4.52. The summed E-state index contributed by atoms with van der Waals surface area (Å²) in [5.74, 6) is 0.561. The van der Waals surface area contributed by atoms with Gasteiger partial charge in [0, 0.05) is 31.2 Å². The Balaban J connectivity index is 2.04. The van der Waals surface area contributed by atoms with Crippen molar-refractivity contribution in [3.63, 3.8) is 0 Å². The van der Waals surface area contributed by atoms with Crippen molar-refractivity contribution >= 4 is 5.91 Å². The van der Waals surface area contributed by atoms with Crippen LogP contribution in [0.2, 0.25) is 0 Å². The molecule has 0 radical (unpaired) electrons. The van der Waals surface area contributed by atoms with Crippen molar-refractivity contribution in [2.24, 2.45) is 11.1 Å². The van der Waals surface area contributed by atoms with Gasteiger partial charge in [-0.2, -0.15) is 0 Å². The van der Waals surface area contributed by atoms with Crippen LogP contribution in [0.1, 0.15) is 44.4 Å². The molecule has 1 heterocycles. The van der Waals surface area contributed by atoms with Crippen LogP contribution >= 0.6 is 0 Å². The minimum absolute atomic E-state index is 0.0577. The standard InChI is InChI=1S/C24H33N3O2/c1-23(2,3)17-24(22(25)28,18-10-6-5-7-11-18)27-15-14-26-20(16-27)19-12-8-9-13-21(19)29-4/h5-13,20,26H,14-17H2,1-4H3,(H2,25,28). The molecule has 0 spiro atoms. The number of primary amides is 1. The van der Waals surface area contributed by atoms with Crippen LogP contribution in [0.4, 0.5) is 0 Å². The van der Waals surface area contributed by atoms with Crippen molar-refractivity contribution in [3.05, 3.63) is 65.7 Å². The van der Waals surface area contributed by atoms with E-state index in [0.717, 1.165) is 30.0 Å². The summed E-state index contributed by atoms with van der Waals surface area (Å²) in [7, 11) is 1.69. The summed E-state index contributed by atoms with van der Waals surface area (Å²) in [5, 5.41) is 3.59. The maximum Gasteiger partial charge on any atom is 0.242 e. The van der Waals surface area contributed by atoms with E-state index < -0.39 is 5.54 Å². The number of nitrogens with two attached hydrogens (primary N) is 1. The molecule has 1 aliphatic heterocycles. The number of carbonyl (C=O) groups is 1. The van der Waals surface area contributed by atoms with Crippen LogP contribution in [-0.4, -0.2) is 37.6 Å². The Morgan fingerprint density at radius 1 is 1.14 bits per heavy atom. The molecule has 0 bridgehead atoms. The first kappa shape index (κ1) is 21.3. The van der Waals surface area contributed by atoms with Crippen molar-refractivity contribution in [1.82, 2.24) is 10.2 Å². The van der Waals surface area contributed by atoms with E-state index in [0.29, 0.717) is 13.0 Å². The van der Waals surface area contributed by atoms with Crippen molar-refractivity contribution in [2.45, 2.75) is 38.8 Å². The Morgan fingerprint density at radius 3 is 2.41 bits per heavy atom. The maximum atomic E-state index is 13.1. The highest BCUT2D eigenvalue weighted by Gasteiger charge is 2.48. The molecule has 156 valence electrons. The van der Waals surface area contributed by atoms with Crippen molar-refractivity contribution in [1.29, 1.82) is 0 Å². The lowest BCUT2D eigenvalue weighted by Gasteiger charge is -2.48. The molecule has 2 unspecified atom stereocenters. The molecule has 1 saturated heterocycles. The minimum atomic E-state index is -0.859. The van der Waals surface area contributed by atoms with Gasteiger partial charge in [-0.1, -0.05) is 69.3 Å². The van der Waals surface area contributed by atoms with Gasteiger partial charge in [0.05, 0.1) is 7.11 Å². The fraction of sp³-hybridized carbons (Fsp3) is 0.458. The Bertz CT molecular complexity index is 832. The molecule has 3 N–H and O–H groups in total. The zero-order chi connectivity index (χ0) is 21.1. The molecular weight excluding hydrogens is 362 g/mol. The Hall–Kier alpha value is -2.37. The number of nitrogens with zero attached hydrogens (tertiary/aromatic N) is 1. The summed E-state index contributed by atoms with van der Waals surface area (Å²) in [5.41, 5.74) is 7.28. The highest BCUT2D eigenvalue weighted by Crippen LogP contribution is 2.41. The molecule has 2 aromatic carbocycles. The highest BCUT2D eigenvalue weighted by atomic mass is 16.5. The van der Waals surface area contributed by atoms with Crippen molar-refractivity contribution in [2.75, 3.05) is 26.7 Å². The molecule has 3 rings (SSSR count). The van der Waals surface area contributed by atoms with E-state index in [4.69, 9.17) is 10.5 Å². The van der Waals surface area contributed by atoms with Gasteiger partial charge in [0.1, 0.15) is 11.3 Å². The zero-order valence-electron chi connectivity index (χ0n) is 17.9. The lowest BCUT2D eigenvalue weighted by atomic mass is 9.73. The van der Waals surface area contributed by atoms with Crippen LogP contribution in [0.5, 0.6) is 5.75 Å². The number of hydrogen-bond acceptors (Lipinski definition) is 4. The topological polar surface area (TPSA) is 67.6 Å². The van der Waals surface area contributed by atoms with Crippen molar-refractivity contribution < 1.29 is 9.53 Å². The number of ether oxygens (including phenoxy) is 1. The molecule has 0 saturated carbocycles. The molecule has 0 aromatic heterocycles. The van der Waals surface area contributed by atoms with Gasteiger partial charge in [-0.3, -0.25) is 9.69 Å². The molecule has 1 amide bonds. The third-order valence-electron chi connectivity index (χ3n) is 5.67.